The van der Waals surface area contributed by atoms with Crippen molar-refractivity contribution < 1.29 is 18.0 Å². The van der Waals surface area contributed by atoms with Gasteiger partial charge in [-0.2, -0.15) is 0 Å². The zero-order valence-corrected chi connectivity index (χ0v) is 14.1. The fraction of sp³-hybridized carbons (Fsp3) is 0.0952. The highest BCUT2D eigenvalue weighted by atomic mass is 19.2. The molecule has 0 radical (unpaired) electrons. The lowest BCUT2D eigenvalue weighted by Crippen LogP contribution is -2.41. The summed E-state index contributed by atoms with van der Waals surface area (Å²) in [6.07, 6.45) is 0. The first kappa shape index (κ1) is 17.1. The molecule has 0 saturated carbocycles. The van der Waals surface area contributed by atoms with Gasteiger partial charge in [0.05, 0.1) is 29.5 Å². The molecule has 0 bridgehead atoms. The number of rotatable bonds is 2. The molecule has 1 N–H and O–H groups in total. The molecule has 27 heavy (non-hydrogen) atoms. The normalized spacial score (nSPS) is 15.8. The van der Waals surface area contributed by atoms with Crippen molar-refractivity contribution in [1.29, 1.82) is 0 Å². The summed E-state index contributed by atoms with van der Waals surface area (Å²) in [5.41, 5.74) is 1.71. The van der Waals surface area contributed by atoms with Crippen LogP contribution in [0.25, 0.3) is 0 Å². The minimum Gasteiger partial charge on any atom is -0.375 e. The molecule has 6 heteroatoms. The average Bonchev–Trinajstić information content (AvgIpc) is 2.71. The molecule has 0 aliphatic carbocycles. The van der Waals surface area contributed by atoms with Crippen LogP contribution < -0.4 is 10.2 Å². The van der Waals surface area contributed by atoms with Crippen LogP contribution in [0.15, 0.2) is 66.7 Å². The van der Waals surface area contributed by atoms with Crippen LogP contribution in [0.4, 0.5) is 24.5 Å². The number of benzene rings is 3. The van der Waals surface area contributed by atoms with E-state index >= 15 is 0 Å². The van der Waals surface area contributed by atoms with Crippen molar-refractivity contribution in [3.63, 3.8) is 0 Å². The molecule has 0 spiro atoms. The molecule has 3 nitrogen and oxygen atoms in total. The highest BCUT2D eigenvalue weighted by Crippen LogP contribution is 2.36. The van der Waals surface area contributed by atoms with Crippen molar-refractivity contribution >= 4 is 17.3 Å². The first-order chi connectivity index (χ1) is 13.1. The molecule has 1 unspecified atom stereocenters. The third-order valence-corrected chi connectivity index (χ3v) is 4.60. The zero-order valence-electron chi connectivity index (χ0n) is 14.1. The van der Waals surface area contributed by atoms with Gasteiger partial charge in [-0.15, -0.1) is 0 Å². The Labute approximate surface area is 154 Å². The standard InChI is InChI=1S/C21H15F3N2O/c22-15-11-10-14(19(23)20(15)24)21(27)26-12-17(13-6-2-1-3-7-13)25-16-8-4-5-9-18(16)26/h1-11,17,25H,12H2. The maximum absolute atomic E-state index is 14.2. The zero-order chi connectivity index (χ0) is 19.0. The van der Waals surface area contributed by atoms with Gasteiger partial charge in [-0.05, 0) is 29.8 Å². The van der Waals surface area contributed by atoms with Gasteiger partial charge in [0.1, 0.15) is 0 Å². The maximum Gasteiger partial charge on any atom is 0.261 e. The second kappa shape index (κ2) is 6.79. The van der Waals surface area contributed by atoms with Gasteiger partial charge >= 0.3 is 0 Å². The molecule has 1 aliphatic rings. The number of halogens is 3. The summed E-state index contributed by atoms with van der Waals surface area (Å²) >= 11 is 0. The molecule has 0 fully saturated rings. The Balaban J connectivity index is 1.77. The van der Waals surface area contributed by atoms with E-state index in [-0.39, 0.29) is 12.6 Å². The van der Waals surface area contributed by atoms with Gasteiger partial charge in [-0.25, -0.2) is 13.2 Å². The molecule has 136 valence electrons. The van der Waals surface area contributed by atoms with E-state index in [4.69, 9.17) is 0 Å². The molecule has 1 amide bonds. The lowest BCUT2D eigenvalue weighted by molar-refractivity contribution is 0.0980. The number of anilines is 2. The largest absolute Gasteiger partial charge is 0.375 e. The van der Waals surface area contributed by atoms with Crippen LogP contribution in [0.5, 0.6) is 0 Å². The fourth-order valence-corrected chi connectivity index (χ4v) is 3.25. The molecule has 3 aromatic rings. The summed E-state index contributed by atoms with van der Waals surface area (Å²) in [6.45, 7) is 0.221. The van der Waals surface area contributed by atoms with Crippen molar-refractivity contribution in [2.24, 2.45) is 0 Å². The predicted molar refractivity (Wildman–Crippen MR) is 97.2 cm³/mol. The monoisotopic (exact) mass is 368 g/mol. The number of nitrogens with zero attached hydrogens (tertiary/aromatic N) is 1. The van der Waals surface area contributed by atoms with E-state index in [1.807, 2.05) is 42.5 Å². The quantitative estimate of drug-likeness (QED) is 0.652. The topological polar surface area (TPSA) is 32.3 Å². The van der Waals surface area contributed by atoms with E-state index in [0.29, 0.717) is 11.4 Å². The molecule has 4 rings (SSSR count). The van der Waals surface area contributed by atoms with Gasteiger partial charge in [0.2, 0.25) is 0 Å². The van der Waals surface area contributed by atoms with Crippen LogP contribution in [0.2, 0.25) is 0 Å². The van der Waals surface area contributed by atoms with Gasteiger partial charge in [0, 0.05) is 0 Å². The van der Waals surface area contributed by atoms with E-state index in [9.17, 15) is 18.0 Å². The summed E-state index contributed by atoms with van der Waals surface area (Å²) in [5, 5.41) is 3.36. The second-order valence-corrected chi connectivity index (χ2v) is 6.26. The number of carbonyl (C=O) groups is 1. The molecule has 3 aromatic carbocycles. The highest BCUT2D eigenvalue weighted by molar-refractivity contribution is 6.08. The van der Waals surface area contributed by atoms with Crippen LogP contribution in [0, 0.1) is 17.5 Å². The van der Waals surface area contributed by atoms with Crippen LogP contribution >= 0.6 is 0 Å². The third kappa shape index (κ3) is 3.03. The first-order valence-corrected chi connectivity index (χ1v) is 8.42. The van der Waals surface area contributed by atoms with E-state index in [2.05, 4.69) is 5.32 Å². The Kier molecular flexibility index (Phi) is 4.32. The number of nitrogens with one attached hydrogen (secondary N) is 1. The van der Waals surface area contributed by atoms with E-state index in [0.717, 1.165) is 17.7 Å². The van der Waals surface area contributed by atoms with Crippen LogP contribution in [-0.4, -0.2) is 12.5 Å². The number of hydrogen-bond acceptors (Lipinski definition) is 2. The lowest BCUT2D eigenvalue weighted by Gasteiger charge is -2.36. The minimum absolute atomic E-state index is 0.221. The highest BCUT2D eigenvalue weighted by Gasteiger charge is 2.31. The van der Waals surface area contributed by atoms with Crippen LogP contribution in [0.3, 0.4) is 0 Å². The third-order valence-electron chi connectivity index (χ3n) is 4.60. The molecule has 1 aliphatic heterocycles. The summed E-state index contributed by atoms with van der Waals surface area (Å²) in [5.74, 6) is -5.18. The minimum atomic E-state index is -1.65. The van der Waals surface area contributed by atoms with Crippen LogP contribution in [-0.2, 0) is 0 Å². The van der Waals surface area contributed by atoms with Crippen molar-refractivity contribution in [2.75, 3.05) is 16.8 Å². The SMILES string of the molecule is O=C(c1ccc(F)c(F)c1F)N1CC(c2ccccc2)Nc2ccccc21. The van der Waals surface area contributed by atoms with Crippen molar-refractivity contribution in [3.05, 3.63) is 95.3 Å². The first-order valence-electron chi connectivity index (χ1n) is 8.42. The van der Waals surface area contributed by atoms with E-state index < -0.39 is 28.9 Å². The van der Waals surface area contributed by atoms with Gasteiger partial charge in [-0.1, -0.05) is 42.5 Å². The van der Waals surface area contributed by atoms with Crippen LogP contribution in [0.1, 0.15) is 22.0 Å². The molecule has 0 aromatic heterocycles. The molecule has 0 saturated heterocycles. The fourth-order valence-electron chi connectivity index (χ4n) is 3.25. The van der Waals surface area contributed by atoms with Gasteiger partial charge < -0.3 is 10.2 Å². The molecular formula is C21H15F3N2O. The average molecular weight is 368 g/mol. The Bertz CT molecular complexity index is 1010. The Hall–Kier alpha value is -3.28. The Morgan fingerprint density at radius 1 is 0.889 bits per heavy atom. The smallest absolute Gasteiger partial charge is 0.261 e. The van der Waals surface area contributed by atoms with E-state index in [1.165, 1.54) is 4.90 Å². The van der Waals surface area contributed by atoms with Crippen molar-refractivity contribution in [2.45, 2.75) is 6.04 Å². The predicted octanol–water partition coefficient (Wildman–Crippen LogP) is 4.92. The Morgan fingerprint density at radius 3 is 2.37 bits per heavy atom. The van der Waals surface area contributed by atoms with Gasteiger partial charge in [0.25, 0.3) is 5.91 Å². The summed E-state index contributed by atoms with van der Waals surface area (Å²) in [6, 6.07) is 18.1. The molecule has 1 heterocycles. The lowest BCUT2D eigenvalue weighted by atomic mass is 10.0. The van der Waals surface area contributed by atoms with Crippen molar-refractivity contribution in [3.8, 4) is 0 Å². The maximum atomic E-state index is 14.2. The van der Waals surface area contributed by atoms with Gasteiger partial charge in [0.15, 0.2) is 17.5 Å². The number of carbonyl (C=O) groups excluding carboxylic acids is 1. The summed E-state index contributed by atoms with van der Waals surface area (Å²) in [7, 11) is 0. The van der Waals surface area contributed by atoms with E-state index in [1.54, 1.807) is 12.1 Å². The summed E-state index contributed by atoms with van der Waals surface area (Å²) in [4.78, 5) is 14.4. The molecular weight excluding hydrogens is 353 g/mol. The molecule has 1 atom stereocenters. The van der Waals surface area contributed by atoms with Gasteiger partial charge in [-0.3, -0.25) is 4.79 Å². The number of amides is 1. The number of para-hydroxylation sites is 2. The Morgan fingerprint density at radius 2 is 1.59 bits per heavy atom. The van der Waals surface area contributed by atoms with Crippen molar-refractivity contribution in [1.82, 2.24) is 0 Å². The second-order valence-electron chi connectivity index (χ2n) is 6.26. The summed E-state index contributed by atoms with van der Waals surface area (Å²) < 4.78 is 41.0. The number of hydrogen-bond donors (Lipinski definition) is 1. The number of fused-ring (bicyclic) bond motifs is 1.